The highest BCUT2D eigenvalue weighted by Gasteiger charge is 2.33. The minimum absolute atomic E-state index is 0.0563. The molecule has 1 fully saturated rings. The third-order valence-corrected chi connectivity index (χ3v) is 7.79. The number of amides is 1. The molecule has 1 aliphatic rings. The van der Waals surface area contributed by atoms with Gasteiger partial charge in [0, 0.05) is 18.8 Å². The molecule has 0 aromatic heterocycles. The second kappa shape index (κ2) is 11.7. The van der Waals surface area contributed by atoms with Gasteiger partial charge in [-0.25, -0.2) is 13.2 Å². The van der Waals surface area contributed by atoms with E-state index in [4.69, 9.17) is 21.1 Å². The van der Waals surface area contributed by atoms with Crippen molar-refractivity contribution in [2.24, 2.45) is 5.92 Å². The number of carbonyl (C=O) groups is 2. The zero-order chi connectivity index (χ0) is 24.7. The molecule has 1 heterocycles. The van der Waals surface area contributed by atoms with Crippen molar-refractivity contribution in [2.75, 3.05) is 32.1 Å². The lowest BCUT2D eigenvalue weighted by Gasteiger charge is -2.31. The zero-order valence-electron chi connectivity index (χ0n) is 19.3. The van der Waals surface area contributed by atoms with E-state index in [0.717, 1.165) is 12.8 Å². The van der Waals surface area contributed by atoms with Crippen molar-refractivity contribution >= 4 is 39.2 Å². The van der Waals surface area contributed by atoms with Gasteiger partial charge < -0.3 is 14.8 Å². The third kappa shape index (κ3) is 6.28. The fraction of sp³-hybridized carbons (Fsp3) is 0.417. The van der Waals surface area contributed by atoms with Crippen molar-refractivity contribution in [1.29, 1.82) is 0 Å². The van der Waals surface area contributed by atoms with Crippen LogP contribution in [0.25, 0.3) is 0 Å². The molecule has 0 bridgehead atoms. The highest BCUT2D eigenvalue weighted by molar-refractivity contribution is 7.89. The van der Waals surface area contributed by atoms with E-state index < -0.39 is 21.9 Å². The van der Waals surface area contributed by atoms with Gasteiger partial charge in [-0.3, -0.25) is 4.79 Å². The summed E-state index contributed by atoms with van der Waals surface area (Å²) >= 11 is 6.11. The van der Waals surface area contributed by atoms with Gasteiger partial charge in [-0.05, 0) is 61.7 Å². The molecule has 1 atom stereocenters. The van der Waals surface area contributed by atoms with E-state index in [1.807, 2.05) is 6.92 Å². The number of methoxy groups -OCH3 is 1. The van der Waals surface area contributed by atoms with Gasteiger partial charge in [-0.1, -0.05) is 24.9 Å². The SMILES string of the molecule is CCCCOC(=O)c1ccc(NC(=O)[C@H]2CCCN(S(=O)(=O)c3ccc(OC)c(Cl)c3)C2)cc1. The smallest absolute Gasteiger partial charge is 0.338 e. The van der Waals surface area contributed by atoms with E-state index in [0.29, 0.717) is 43.0 Å². The molecular weight excluding hydrogens is 480 g/mol. The summed E-state index contributed by atoms with van der Waals surface area (Å²) in [5.41, 5.74) is 0.930. The maximum Gasteiger partial charge on any atom is 0.338 e. The van der Waals surface area contributed by atoms with Gasteiger partial charge in [0.05, 0.1) is 35.1 Å². The summed E-state index contributed by atoms with van der Waals surface area (Å²) < 4.78 is 37.8. The molecule has 2 aromatic rings. The summed E-state index contributed by atoms with van der Waals surface area (Å²) in [4.78, 5) is 24.9. The summed E-state index contributed by atoms with van der Waals surface area (Å²) in [6, 6.07) is 10.7. The third-order valence-electron chi connectivity index (χ3n) is 5.64. The molecule has 0 aliphatic carbocycles. The Bertz CT molecular complexity index is 1120. The highest BCUT2D eigenvalue weighted by Crippen LogP contribution is 2.30. The summed E-state index contributed by atoms with van der Waals surface area (Å²) in [7, 11) is -2.36. The molecule has 0 saturated carbocycles. The first kappa shape index (κ1) is 26.0. The molecule has 0 radical (unpaired) electrons. The Morgan fingerprint density at radius 2 is 1.91 bits per heavy atom. The normalized spacial score (nSPS) is 16.6. The second-order valence-electron chi connectivity index (χ2n) is 8.05. The number of halogens is 1. The van der Waals surface area contributed by atoms with E-state index in [2.05, 4.69) is 5.32 Å². The lowest BCUT2D eigenvalue weighted by molar-refractivity contribution is -0.120. The maximum absolute atomic E-state index is 13.1. The van der Waals surface area contributed by atoms with Crippen LogP contribution >= 0.6 is 11.6 Å². The van der Waals surface area contributed by atoms with Crippen molar-refractivity contribution in [1.82, 2.24) is 4.31 Å². The fourth-order valence-electron chi connectivity index (χ4n) is 3.66. The quantitative estimate of drug-likeness (QED) is 0.399. The molecule has 1 aliphatic heterocycles. The number of anilines is 1. The van der Waals surface area contributed by atoms with Gasteiger partial charge in [0.15, 0.2) is 0 Å². The van der Waals surface area contributed by atoms with Gasteiger partial charge in [0.2, 0.25) is 15.9 Å². The number of carbonyl (C=O) groups excluding carboxylic acids is 2. The van der Waals surface area contributed by atoms with Crippen molar-refractivity contribution in [3.63, 3.8) is 0 Å². The molecule has 1 N–H and O–H groups in total. The Labute approximate surface area is 205 Å². The minimum atomic E-state index is -3.81. The first-order valence-corrected chi connectivity index (χ1v) is 13.0. The number of sulfonamides is 1. The standard InChI is InChI=1S/C24H29ClN2O6S/c1-3-4-14-33-24(29)17-7-9-19(10-8-17)26-23(28)18-6-5-13-27(16-18)34(30,31)20-11-12-22(32-2)21(25)15-20/h7-12,15,18H,3-6,13-14,16H2,1-2H3,(H,26,28)/t18-/m0/s1. The Hall–Kier alpha value is -2.62. The van der Waals surface area contributed by atoms with Crippen molar-refractivity contribution in [3.8, 4) is 5.75 Å². The van der Waals surface area contributed by atoms with Gasteiger partial charge >= 0.3 is 5.97 Å². The van der Waals surface area contributed by atoms with Crippen molar-refractivity contribution in [2.45, 2.75) is 37.5 Å². The number of unbranched alkanes of at least 4 members (excludes halogenated alkanes) is 1. The summed E-state index contributed by atoms with van der Waals surface area (Å²) in [6.45, 7) is 2.78. The van der Waals surface area contributed by atoms with Crippen LogP contribution in [0.4, 0.5) is 5.69 Å². The Balaban J connectivity index is 1.63. The van der Waals surface area contributed by atoms with Gasteiger partial charge in [-0.15, -0.1) is 0 Å². The van der Waals surface area contributed by atoms with Crippen LogP contribution in [0, 0.1) is 5.92 Å². The highest BCUT2D eigenvalue weighted by atomic mass is 35.5. The van der Waals surface area contributed by atoms with Crippen molar-refractivity contribution in [3.05, 3.63) is 53.1 Å². The largest absolute Gasteiger partial charge is 0.495 e. The Morgan fingerprint density at radius 3 is 2.56 bits per heavy atom. The second-order valence-corrected chi connectivity index (χ2v) is 10.4. The van der Waals surface area contributed by atoms with E-state index in [9.17, 15) is 18.0 Å². The number of benzene rings is 2. The zero-order valence-corrected chi connectivity index (χ0v) is 20.8. The number of rotatable bonds is 9. The van der Waals surface area contributed by atoms with Crippen LogP contribution in [0.3, 0.4) is 0 Å². The monoisotopic (exact) mass is 508 g/mol. The summed E-state index contributed by atoms with van der Waals surface area (Å²) in [5.74, 6) is -0.795. The van der Waals surface area contributed by atoms with E-state index in [-0.39, 0.29) is 22.4 Å². The van der Waals surface area contributed by atoms with Crippen LogP contribution in [0.15, 0.2) is 47.4 Å². The molecule has 34 heavy (non-hydrogen) atoms. The van der Waals surface area contributed by atoms with Crippen LogP contribution in [-0.2, 0) is 19.6 Å². The summed E-state index contributed by atoms with van der Waals surface area (Å²) in [6.07, 6.45) is 2.87. The molecule has 8 nitrogen and oxygen atoms in total. The number of nitrogens with one attached hydrogen (secondary N) is 1. The van der Waals surface area contributed by atoms with Gasteiger partial charge in [-0.2, -0.15) is 4.31 Å². The minimum Gasteiger partial charge on any atom is -0.495 e. The number of hydrogen-bond acceptors (Lipinski definition) is 6. The van der Waals surface area contributed by atoms with E-state index in [1.165, 1.54) is 29.6 Å². The molecule has 184 valence electrons. The first-order chi connectivity index (χ1) is 16.3. The number of esters is 1. The molecule has 2 aromatic carbocycles. The topological polar surface area (TPSA) is 102 Å². The fourth-order valence-corrected chi connectivity index (χ4v) is 5.53. The average Bonchev–Trinajstić information content (AvgIpc) is 2.84. The number of hydrogen-bond donors (Lipinski definition) is 1. The van der Waals surface area contributed by atoms with Crippen LogP contribution in [-0.4, -0.2) is 51.4 Å². The summed E-state index contributed by atoms with van der Waals surface area (Å²) in [5, 5.41) is 3.02. The van der Waals surface area contributed by atoms with Crippen LogP contribution in [0.5, 0.6) is 5.75 Å². The van der Waals surface area contributed by atoms with Crippen LogP contribution in [0.1, 0.15) is 43.0 Å². The van der Waals surface area contributed by atoms with Gasteiger partial charge in [0.25, 0.3) is 0 Å². The first-order valence-electron chi connectivity index (χ1n) is 11.2. The molecule has 1 amide bonds. The van der Waals surface area contributed by atoms with E-state index in [1.54, 1.807) is 24.3 Å². The number of ether oxygens (including phenoxy) is 2. The molecule has 10 heteroatoms. The van der Waals surface area contributed by atoms with Gasteiger partial charge in [0.1, 0.15) is 5.75 Å². The van der Waals surface area contributed by atoms with Crippen molar-refractivity contribution < 1.29 is 27.5 Å². The Morgan fingerprint density at radius 1 is 1.18 bits per heavy atom. The lowest BCUT2D eigenvalue weighted by atomic mass is 9.98. The predicted octanol–water partition coefficient (Wildman–Crippen LogP) is 4.34. The lowest BCUT2D eigenvalue weighted by Crippen LogP contribution is -2.43. The number of piperidine rings is 1. The maximum atomic E-state index is 13.1. The van der Waals surface area contributed by atoms with E-state index >= 15 is 0 Å². The average molecular weight is 509 g/mol. The predicted molar refractivity (Wildman–Crippen MR) is 130 cm³/mol. The molecular formula is C24H29ClN2O6S. The Kier molecular flexibility index (Phi) is 8.93. The molecule has 0 spiro atoms. The molecule has 1 saturated heterocycles. The molecule has 0 unspecified atom stereocenters. The van der Waals surface area contributed by atoms with Crippen LogP contribution in [0.2, 0.25) is 5.02 Å². The number of nitrogens with zero attached hydrogens (tertiary/aromatic N) is 1. The molecule has 3 rings (SSSR count). The van der Waals surface area contributed by atoms with Crippen LogP contribution < -0.4 is 10.1 Å².